The van der Waals surface area contributed by atoms with E-state index in [9.17, 15) is 4.39 Å². The van der Waals surface area contributed by atoms with Crippen LogP contribution in [-0.4, -0.2) is 6.61 Å². The summed E-state index contributed by atoms with van der Waals surface area (Å²) in [6.07, 6.45) is 3.96. The lowest BCUT2D eigenvalue weighted by Gasteiger charge is -2.21. The quantitative estimate of drug-likeness (QED) is 0.905. The van der Waals surface area contributed by atoms with Crippen LogP contribution in [0.25, 0.3) is 0 Å². The maximum atomic E-state index is 13.3. The van der Waals surface area contributed by atoms with E-state index >= 15 is 0 Å². The average molecular weight is 286 g/mol. The van der Waals surface area contributed by atoms with E-state index in [1.54, 1.807) is 12.1 Å². The molecule has 0 saturated carbocycles. The molecule has 0 aliphatic carbocycles. The molecule has 0 aromatic heterocycles. The van der Waals surface area contributed by atoms with Crippen LogP contribution in [0.3, 0.4) is 0 Å². The second-order valence-corrected chi connectivity index (χ2v) is 4.51. The van der Waals surface area contributed by atoms with Crippen LogP contribution < -0.4 is 5.73 Å². The van der Waals surface area contributed by atoms with E-state index in [0.717, 1.165) is 18.6 Å². The summed E-state index contributed by atoms with van der Waals surface area (Å²) in [5.74, 6) is 0.432. The predicted octanol–water partition coefficient (Wildman–Crippen LogP) is 3.28. The second-order valence-electron chi connectivity index (χ2n) is 3.72. The van der Waals surface area contributed by atoms with Crippen LogP contribution in [-0.2, 0) is 4.74 Å². The molecular formula is C12H13BrFNO. The molecule has 0 bridgehead atoms. The number of ether oxygens (including phenoxy) is 1. The number of halogens is 2. The van der Waals surface area contributed by atoms with Crippen molar-refractivity contribution in [3.63, 3.8) is 0 Å². The summed E-state index contributed by atoms with van der Waals surface area (Å²) >= 11 is 3.21. The van der Waals surface area contributed by atoms with Gasteiger partial charge in [0.05, 0.1) is 17.1 Å². The fraction of sp³-hybridized carbons (Fsp3) is 0.333. The third kappa shape index (κ3) is 2.28. The molecule has 2 rings (SSSR count). The van der Waals surface area contributed by atoms with Gasteiger partial charge in [0.25, 0.3) is 0 Å². The first-order chi connectivity index (χ1) is 7.70. The van der Waals surface area contributed by atoms with E-state index in [0.29, 0.717) is 16.6 Å². The summed E-state index contributed by atoms with van der Waals surface area (Å²) in [6, 6.07) is 4.46. The molecule has 1 atom stereocenters. The van der Waals surface area contributed by atoms with E-state index in [1.165, 1.54) is 6.07 Å². The lowest BCUT2D eigenvalue weighted by molar-refractivity contribution is 0.175. The van der Waals surface area contributed by atoms with E-state index < -0.39 is 6.04 Å². The minimum absolute atomic E-state index is 0.302. The standard InChI is InChI=1S/C12H13BrFNO/c13-11-8(4-3-5-9(11)14)12(15)10-6-1-2-7-16-10/h3-6,12H,1-2,7,15H2. The zero-order chi connectivity index (χ0) is 11.5. The van der Waals surface area contributed by atoms with E-state index in [1.807, 2.05) is 6.08 Å². The van der Waals surface area contributed by atoms with Crippen LogP contribution in [0.1, 0.15) is 24.4 Å². The number of benzene rings is 1. The Morgan fingerprint density at radius 3 is 2.94 bits per heavy atom. The van der Waals surface area contributed by atoms with Gasteiger partial charge < -0.3 is 10.5 Å². The summed E-state index contributed by atoms with van der Waals surface area (Å²) < 4.78 is 19.2. The lowest BCUT2D eigenvalue weighted by Crippen LogP contribution is -2.18. The highest BCUT2D eigenvalue weighted by atomic mass is 79.9. The lowest BCUT2D eigenvalue weighted by atomic mass is 10.0. The number of allylic oxidation sites excluding steroid dienone is 1. The molecule has 0 fully saturated rings. The van der Waals surface area contributed by atoms with E-state index in [-0.39, 0.29) is 5.82 Å². The highest BCUT2D eigenvalue weighted by molar-refractivity contribution is 9.10. The van der Waals surface area contributed by atoms with Crippen molar-refractivity contribution in [2.45, 2.75) is 18.9 Å². The van der Waals surface area contributed by atoms with Gasteiger partial charge in [0, 0.05) is 0 Å². The largest absolute Gasteiger partial charge is 0.496 e. The minimum Gasteiger partial charge on any atom is -0.496 e. The third-order valence-electron chi connectivity index (χ3n) is 2.59. The molecule has 1 aliphatic rings. The highest BCUT2D eigenvalue weighted by Crippen LogP contribution is 2.30. The van der Waals surface area contributed by atoms with E-state index in [2.05, 4.69) is 15.9 Å². The van der Waals surface area contributed by atoms with Gasteiger partial charge in [-0.1, -0.05) is 12.1 Å². The second kappa shape index (κ2) is 4.97. The predicted molar refractivity (Wildman–Crippen MR) is 64.3 cm³/mol. The maximum absolute atomic E-state index is 13.3. The molecule has 0 saturated heterocycles. The molecule has 2 nitrogen and oxygen atoms in total. The van der Waals surface area contributed by atoms with Crippen molar-refractivity contribution in [3.8, 4) is 0 Å². The number of rotatable bonds is 2. The maximum Gasteiger partial charge on any atom is 0.137 e. The Kier molecular flexibility index (Phi) is 3.61. The first kappa shape index (κ1) is 11.6. The molecule has 16 heavy (non-hydrogen) atoms. The van der Waals surface area contributed by atoms with Gasteiger partial charge in [-0.05, 0) is 46.5 Å². The Bertz CT molecular complexity index is 419. The zero-order valence-corrected chi connectivity index (χ0v) is 10.3. The number of nitrogens with two attached hydrogens (primary N) is 1. The molecule has 0 radical (unpaired) electrons. The summed E-state index contributed by atoms with van der Waals surface area (Å²) in [7, 11) is 0. The molecule has 0 spiro atoms. The van der Waals surface area contributed by atoms with Crippen LogP contribution in [0.4, 0.5) is 4.39 Å². The van der Waals surface area contributed by atoms with Crippen LogP contribution >= 0.6 is 15.9 Å². The molecule has 1 unspecified atom stereocenters. The normalized spacial score (nSPS) is 17.6. The van der Waals surface area contributed by atoms with Crippen molar-refractivity contribution in [1.29, 1.82) is 0 Å². The first-order valence-corrected chi connectivity index (χ1v) is 6.02. The average Bonchev–Trinajstić information content (AvgIpc) is 2.33. The van der Waals surface area contributed by atoms with Crippen molar-refractivity contribution < 1.29 is 9.13 Å². The topological polar surface area (TPSA) is 35.2 Å². The van der Waals surface area contributed by atoms with Crippen LogP contribution in [0.5, 0.6) is 0 Å². The molecule has 4 heteroatoms. The fourth-order valence-corrected chi connectivity index (χ4v) is 2.22. The molecule has 0 amide bonds. The molecule has 86 valence electrons. The van der Waals surface area contributed by atoms with Crippen molar-refractivity contribution in [3.05, 3.63) is 45.9 Å². The Balaban J connectivity index is 2.29. The van der Waals surface area contributed by atoms with Crippen molar-refractivity contribution >= 4 is 15.9 Å². The van der Waals surface area contributed by atoms with Gasteiger partial charge in [0.2, 0.25) is 0 Å². The minimum atomic E-state index is -0.398. The number of hydrogen-bond donors (Lipinski definition) is 1. The molecule has 1 aliphatic heterocycles. The Morgan fingerprint density at radius 2 is 2.25 bits per heavy atom. The van der Waals surface area contributed by atoms with Crippen molar-refractivity contribution in [2.75, 3.05) is 6.61 Å². The monoisotopic (exact) mass is 285 g/mol. The number of hydrogen-bond acceptors (Lipinski definition) is 2. The van der Waals surface area contributed by atoms with Gasteiger partial charge in [-0.3, -0.25) is 0 Å². The van der Waals surface area contributed by atoms with Gasteiger partial charge in [-0.25, -0.2) is 4.39 Å². The summed E-state index contributed by atoms with van der Waals surface area (Å²) in [5.41, 5.74) is 6.77. The highest BCUT2D eigenvalue weighted by Gasteiger charge is 2.19. The molecular weight excluding hydrogens is 273 g/mol. The summed E-state index contributed by atoms with van der Waals surface area (Å²) in [5, 5.41) is 0. The zero-order valence-electron chi connectivity index (χ0n) is 8.75. The molecule has 1 heterocycles. The van der Waals surface area contributed by atoms with Gasteiger partial charge in [-0.15, -0.1) is 0 Å². The molecule has 1 aromatic rings. The summed E-state index contributed by atoms with van der Waals surface area (Å²) in [6.45, 7) is 0.687. The van der Waals surface area contributed by atoms with Crippen LogP contribution in [0.2, 0.25) is 0 Å². The van der Waals surface area contributed by atoms with Crippen LogP contribution in [0.15, 0.2) is 34.5 Å². The molecule has 1 aromatic carbocycles. The van der Waals surface area contributed by atoms with Gasteiger partial charge in [0.15, 0.2) is 0 Å². The van der Waals surface area contributed by atoms with Crippen LogP contribution in [0, 0.1) is 5.82 Å². The Hall–Kier alpha value is -0.870. The smallest absolute Gasteiger partial charge is 0.137 e. The summed E-state index contributed by atoms with van der Waals surface area (Å²) in [4.78, 5) is 0. The van der Waals surface area contributed by atoms with E-state index in [4.69, 9.17) is 10.5 Å². The van der Waals surface area contributed by atoms with Gasteiger partial charge in [0.1, 0.15) is 11.6 Å². The van der Waals surface area contributed by atoms with Gasteiger partial charge in [-0.2, -0.15) is 0 Å². The Labute approximate surface area is 102 Å². The first-order valence-electron chi connectivity index (χ1n) is 5.22. The SMILES string of the molecule is NC(C1=CCCCO1)c1cccc(F)c1Br. The van der Waals surface area contributed by atoms with Crippen molar-refractivity contribution in [1.82, 2.24) is 0 Å². The van der Waals surface area contributed by atoms with Gasteiger partial charge >= 0.3 is 0 Å². The third-order valence-corrected chi connectivity index (χ3v) is 3.42. The Morgan fingerprint density at radius 1 is 1.44 bits per heavy atom. The van der Waals surface area contributed by atoms with Crippen molar-refractivity contribution in [2.24, 2.45) is 5.73 Å². The molecule has 2 N–H and O–H groups in total. The fourth-order valence-electron chi connectivity index (χ4n) is 1.71.